The van der Waals surface area contributed by atoms with E-state index in [1.807, 2.05) is 18.7 Å². The number of hydrogen-bond acceptors (Lipinski definition) is 3. The second-order valence-electron chi connectivity index (χ2n) is 5.94. The molecule has 0 radical (unpaired) electrons. The van der Waals surface area contributed by atoms with Crippen molar-refractivity contribution in [2.45, 2.75) is 64.5 Å². The average molecular weight is 283 g/mol. The highest BCUT2D eigenvalue weighted by Gasteiger charge is 2.22. The average Bonchev–Trinajstić information content (AvgIpc) is 2.48. The van der Waals surface area contributed by atoms with Gasteiger partial charge in [0.05, 0.1) is 0 Å². The molecule has 1 saturated carbocycles. The predicted octanol–water partition coefficient (Wildman–Crippen LogP) is 2.10. The summed E-state index contributed by atoms with van der Waals surface area (Å²) in [6.45, 7) is 6.81. The maximum atomic E-state index is 11.9. The van der Waals surface area contributed by atoms with E-state index in [2.05, 4.69) is 24.3 Å². The third-order valence-electron chi connectivity index (χ3n) is 4.75. The Morgan fingerprint density at radius 2 is 1.75 bits per heavy atom. The van der Waals surface area contributed by atoms with Crippen LogP contribution in [0.15, 0.2) is 0 Å². The van der Waals surface area contributed by atoms with Gasteiger partial charge in [-0.25, -0.2) is 0 Å². The molecular weight excluding hydrogens is 250 g/mol. The van der Waals surface area contributed by atoms with Gasteiger partial charge in [-0.2, -0.15) is 0 Å². The van der Waals surface area contributed by atoms with Crippen LogP contribution < -0.4 is 5.32 Å². The molecule has 1 aliphatic carbocycles. The third-order valence-corrected chi connectivity index (χ3v) is 4.75. The zero-order chi connectivity index (χ0) is 15.0. The van der Waals surface area contributed by atoms with E-state index in [4.69, 9.17) is 0 Å². The molecule has 20 heavy (non-hydrogen) atoms. The van der Waals surface area contributed by atoms with Crippen LogP contribution in [-0.2, 0) is 4.79 Å². The number of rotatable bonds is 8. The molecule has 0 aromatic heterocycles. The fourth-order valence-corrected chi connectivity index (χ4v) is 3.20. The topological polar surface area (TPSA) is 35.6 Å². The summed E-state index contributed by atoms with van der Waals surface area (Å²) in [5.41, 5.74) is 0. The van der Waals surface area contributed by atoms with Crippen LogP contribution in [0, 0.1) is 0 Å². The van der Waals surface area contributed by atoms with Crippen molar-refractivity contribution in [1.82, 2.24) is 15.1 Å². The fourth-order valence-electron chi connectivity index (χ4n) is 3.20. The van der Waals surface area contributed by atoms with E-state index in [0.29, 0.717) is 24.4 Å². The van der Waals surface area contributed by atoms with Crippen molar-refractivity contribution in [1.29, 1.82) is 0 Å². The van der Waals surface area contributed by atoms with Crippen LogP contribution in [0.4, 0.5) is 0 Å². The smallest absolute Gasteiger partial charge is 0.222 e. The van der Waals surface area contributed by atoms with Crippen LogP contribution in [0.3, 0.4) is 0 Å². The molecule has 0 atom stereocenters. The van der Waals surface area contributed by atoms with Gasteiger partial charge in [-0.1, -0.05) is 0 Å². The number of hydrogen-bond donors (Lipinski definition) is 1. The number of nitrogens with zero attached hydrogens (tertiary/aromatic N) is 2. The van der Waals surface area contributed by atoms with Gasteiger partial charge in [0, 0.05) is 31.6 Å². The van der Waals surface area contributed by atoms with Crippen LogP contribution in [0.1, 0.15) is 52.4 Å². The minimum absolute atomic E-state index is 0.308. The summed E-state index contributed by atoms with van der Waals surface area (Å²) in [7, 11) is 4.28. The van der Waals surface area contributed by atoms with E-state index in [9.17, 15) is 4.79 Å². The summed E-state index contributed by atoms with van der Waals surface area (Å²) in [5.74, 6) is 0.308. The molecule has 0 bridgehead atoms. The molecule has 0 aliphatic heterocycles. The Labute approximate surface area is 124 Å². The highest BCUT2D eigenvalue weighted by Crippen LogP contribution is 2.22. The summed E-state index contributed by atoms with van der Waals surface area (Å²) in [6, 6.07) is 1.42. The molecule has 1 N–H and O–H groups in total. The van der Waals surface area contributed by atoms with Gasteiger partial charge in [-0.05, 0) is 66.6 Å². The van der Waals surface area contributed by atoms with Gasteiger partial charge in [0.15, 0.2) is 0 Å². The first-order chi connectivity index (χ1) is 9.62. The van der Waals surface area contributed by atoms with Crippen LogP contribution in [0.5, 0.6) is 0 Å². The Morgan fingerprint density at radius 3 is 2.25 bits per heavy atom. The second-order valence-corrected chi connectivity index (χ2v) is 5.94. The molecule has 0 aromatic carbocycles. The summed E-state index contributed by atoms with van der Waals surface area (Å²) in [5, 5.41) is 3.38. The van der Waals surface area contributed by atoms with Gasteiger partial charge < -0.3 is 15.1 Å². The molecule has 1 aliphatic rings. The lowest BCUT2D eigenvalue weighted by atomic mass is 9.90. The van der Waals surface area contributed by atoms with Crippen molar-refractivity contribution < 1.29 is 4.79 Å². The Bertz CT molecular complexity index is 271. The zero-order valence-electron chi connectivity index (χ0n) is 13.8. The van der Waals surface area contributed by atoms with Gasteiger partial charge in [0.25, 0.3) is 0 Å². The van der Waals surface area contributed by atoms with Crippen LogP contribution in [0.25, 0.3) is 0 Å². The van der Waals surface area contributed by atoms with Crippen molar-refractivity contribution >= 4 is 5.91 Å². The molecule has 1 fully saturated rings. The van der Waals surface area contributed by atoms with Crippen molar-refractivity contribution in [3.63, 3.8) is 0 Å². The quantitative estimate of drug-likeness (QED) is 0.741. The van der Waals surface area contributed by atoms with Crippen molar-refractivity contribution in [2.75, 3.05) is 33.7 Å². The van der Waals surface area contributed by atoms with Crippen LogP contribution >= 0.6 is 0 Å². The van der Waals surface area contributed by atoms with Gasteiger partial charge in [0.1, 0.15) is 0 Å². The highest BCUT2D eigenvalue weighted by atomic mass is 16.2. The largest absolute Gasteiger partial charge is 0.343 e. The summed E-state index contributed by atoms with van der Waals surface area (Å²) in [4.78, 5) is 16.3. The number of amides is 1. The molecule has 0 aromatic rings. The SMILES string of the molecule is CCN(CC)C(=O)CCCN(C)C1CCC(NC)CC1. The highest BCUT2D eigenvalue weighted by molar-refractivity contribution is 5.76. The minimum Gasteiger partial charge on any atom is -0.343 e. The summed E-state index contributed by atoms with van der Waals surface area (Å²) in [6.07, 6.45) is 6.81. The number of carbonyl (C=O) groups is 1. The lowest BCUT2D eigenvalue weighted by molar-refractivity contribution is -0.131. The van der Waals surface area contributed by atoms with Crippen LogP contribution in [-0.4, -0.2) is 61.5 Å². The van der Waals surface area contributed by atoms with E-state index in [1.54, 1.807) is 0 Å². The van der Waals surface area contributed by atoms with Crippen molar-refractivity contribution in [3.8, 4) is 0 Å². The van der Waals surface area contributed by atoms with Crippen LogP contribution in [0.2, 0.25) is 0 Å². The molecule has 0 unspecified atom stereocenters. The van der Waals surface area contributed by atoms with Crippen molar-refractivity contribution in [3.05, 3.63) is 0 Å². The molecule has 1 amide bonds. The summed E-state index contributed by atoms with van der Waals surface area (Å²) < 4.78 is 0. The molecule has 118 valence electrons. The minimum atomic E-state index is 0.308. The first-order valence-electron chi connectivity index (χ1n) is 8.27. The Morgan fingerprint density at radius 1 is 1.15 bits per heavy atom. The van der Waals surface area contributed by atoms with Gasteiger partial charge in [-0.15, -0.1) is 0 Å². The molecule has 0 spiro atoms. The fraction of sp³-hybridized carbons (Fsp3) is 0.938. The Balaban J connectivity index is 2.20. The monoisotopic (exact) mass is 283 g/mol. The molecule has 4 heteroatoms. The first-order valence-corrected chi connectivity index (χ1v) is 8.27. The molecule has 0 heterocycles. The maximum Gasteiger partial charge on any atom is 0.222 e. The lowest BCUT2D eigenvalue weighted by Crippen LogP contribution is -2.40. The maximum absolute atomic E-state index is 11.9. The molecule has 1 rings (SSSR count). The van der Waals surface area contributed by atoms with E-state index in [1.165, 1.54) is 25.7 Å². The van der Waals surface area contributed by atoms with Gasteiger partial charge >= 0.3 is 0 Å². The third kappa shape index (κ3) is 5.41. The molecule has 0 saturated heterocycles. The zero-order valence-corrected chi connectivity index (χ0v) is 13.8. The van der Waals surface area contributed by atoms with Crippen molar-refractivity contribution in [2.24, 2.45) is 0 Å². The second kappa shape index (κ2) is 9.35. The number of carbonyl (C=O) groups excluding carboxylic acids is 1. The Kier molecular flexibility index (Phi) is 8.15. The Hall–Kier alpha value is -0.610. The number of nitrogens with one attached hydrogen (secondary N) is 1. The van der Waals surface area contributed by atoms with E-state index in [0.717, 1.165) is 26.1 Å². The van der Waals surface area contributed by atoms with E-state index < -0.39 is 0 Å². The molecule has 4 nitrogen and oxygen atoms in total. The normalized spacial score (nSPS) is 23.1. The first kappa shape index (κ1) is 17.4. The van der Waals surface area contributed by atoms with E-state index >= 15 is 0 Å². The molecular formula is C16H33N3O. The van der Waals surface area contributed by atoms with Gasteiger partial charge in [-0.3, -0.25) is 4.79 Å². The standard InChI is InChI=1S/C16H33N3O/c1-5-19(6-2)16(20)8-7-13-18(4)15-11-9-14(17-3)10-12-15/h14-15,17H,5-13H2,1-4H3. The van der Waals surface area contributed by atoms with Gasteiger partial charge in [0.2, 0.25) is 5.91 Å². The predicted molar refractivity (Wildman–Crippen MR) is 84.9 cm³/mol. The van der Waals surface area contributed by atoms with E-state index in [-0.39, 0.29) is 0 Å². The summed E-state index contributed by atoms with van der Waals surface area (Å²) >= 11 is 0. The lowest BCUT2D eigenvalue weighted by Gasteiger charge is -2.34.